The first-order chi connectivity index (χ1) is 18.0. The molecule has 0 amide bonds. The van der Waals surface area contributed by atoms with Gasteiger partial charge in [0.15, 0.2) is 12.4 Å². The zero-order valence-corrected chi connectivity index (χ0v) is 23.8. The average Bonchev–Trinajstić information content (AvgIpc) is 2.89. The topological polar surface area (TPSA) is 64.1 Å². The summed E-state index contributed by atoms with van der Waals surface area (Å²) in [7, 11) is 0. The van der Waals surface area contributed by atoms with Gasteiger partial charge in [0.05, 0.1) is 4.92 Å². The Hall–Kier alpha value is -2.51. The largest absolute Gasteiger partial charge is 1.00 e. The zero-order valence-electron chi connectivity index (χ0n) is 21.4. The van der Waals surface area contributed by atoms with Crippen LogP contribution in [0.15, 0.2) is 78.0 Å². The highest BCUT2D eigenvalue weighted by Gasteiger charge is 2.51. The average molecular weight is 594 g/mol. The summed E-state index contributed by atoms with van der Waals surface area (Å²) in [5.41, 5.74) is 3.78. The molecule has 7 rings (SSSR count). The lowest BCUT2D eigenvalue weighted by Crippen LogP contribution is -3.00. The smallest absolute Gasteiger partial charge is 0.269 e. The van der Waals surface area contributed by atoms with E-state index in [1.807, 2.05) is 28.7 Å². The Morgan fingerprint density at radius 3 is 2.03 bits per heavy atom. The third kappa shape index (κ3) is 5.74. The molecule has 3 aromatic rings. The second-order valence-electron chi connectivity index (χ2n) is 11.4. The predicted octanol–water partition coefficient (Wildman–Crippen LogP) is 3.57. The van der Waals surface area contributed by atoms with Crippen LogP contribution >= 0.6 is 11.8 Å². The molecular weight excluding hydrogens is 560 g/mol. The van der Waals surface area contributed by atoms with E-state index >= 15 is 0 Å². The first-order valence-corrected chi connectivity index (χ1v) is 14.4. The number of aromatic nitrogens is 1. The maximum absolute atomic E-state index is 12.5. The highest BCUT2D eigenvalue weighted by molar-refractivity contribution is 7.99. The number of aryl methyl sites for hydroxylation is 1. The molecule has 5 nitrogen and oxygen atoms in total. The second kappa shape index (κ2) is 11.3. The number of nitro groups is 1. The van der Waals surface area contributed by atoms with Crippen LogP contribution in [0.2, 0.25) is 0 Å². The second-order valence-corrected chi connectivity index (χ2v) is 12.6. The van der Waals surface area contributed by atoms with Gasteiger partial charge in [-0.3, -0.25) is 14.9 Å². The fourth-order valence-electron chi connectivity index (χ4n) is 7.44. The Morgan fingerprint density at radius 2 is 1.47 bits per heavy atom. The third-order valence-corrected chi connectivity index (χ3v) is 9.86. The molecule has 4 bridgehead atoms. The van der Waals surface area contributed by atoms with E-state index in [0.717, 1.165) is 29.9 Å². The van der Waals surface area contributed by atoms with Gasteiger partial charge in [-0.05, 0) is 104 Å². The van der Waals surface area contributed by atoms with Gasteiger partial charge in [-0.15, -0.1) is 11.8 Å². The molecule has 0 N–H and O–H groups in total. The fourth-order valence-corrected chi connectivity index (χ4v) is 8.34. The number of ketones is 1. The van der Waals surface area contributed by atoms with Gasteiger partial charge < -0.3 is 17.0 Å². The maximum Gasteiger partial charge on any atom is 0.269 e. The van der Waals surface area contributed by atoms with Crippen LogP contribution < -0.4 is 21.5 Å². The Balaban J connectivity index is 0.00000294. The molecule has 0 saturated heterocycles. The van der Waals surface area contributed by atoms with Crippen LogP contribution in [0.1, 0.15) is 60.0 Å². The SMILES string of the molecule is O=C(C[n+]1ccc(CCSc2ccc(C34CC5CC(CC(C5)C3)C4)cc2)cc1)c1ccc([N+](=O)[O-])cc1.[Br-]. The van der Waals surface area contributed by atoms with Crippen LogP contribution in [0.4, 0.5) is 5.69 Å². The van der Waals surface area contributed by atoms with Crippen molar-refractivity contribution in [1.29, 1.82) is 0 Å². The summed E-state index contributed by atoms with van der Waals surface area (Å²) in [4.78, 5) is 24.2. The first-order valence-electron chi connectivity index (χ1n) is 13.4. The van der Waals surface area contributed by atoms with Crippen molar-refractivity contribution in [3.8, 4) is 0 Å². The van der Waals surface area contributed by atoms with Crippen LogP contribution in [-0.2, 0) is 18.4 Å². The number of carbonyl (C=O) groups is 1. The van der Waals surface area contributed by atoms with Gasteiger partial charge in [0.2, 0.25) is 12.3 Å². The molecule has 2 aromatic carbocycles. The molecule has 198 valence electrons. The van der Waals surface area contributed by atoms with E-state index in [1.165, 1.54) is 73.2 Å². The fraction of sp³-hybridized carbons (Fsp3) is 0.419. The number of hydrogen-bond acceptors (Lipinski definition) is 4. The standard InChI is InChI=1S/C31H33N2O3S.BrH/c34-30(26-1-5-28(6-2-26)33(35)36)21-32-12-9-22(10-13-32)11-14-37-29-7-3-27(4-8-29)31-18-23-15-24(19-31)17-25(16-23)20-31;/h1-10,12-13,23-25H,11,14-21H2;1H/q+1;/p-1. The Bertz CT molecular complexity index is 1260. The minimum atomic E-state index is -0.460. The lowest BCUT2D eigenvalue weighted by Gasteiger charge is -2.57. The Kier molecular flexibility index (Phi) is 8.06. The van der Waals surface area contributed by atoms with E-state index in [2.05, 4.69) is 36.4 Å². The first kappa shape index (κ1) is 27.1. The van der Waals surface area contributed by atoms with Crippen molar-refractivity contribution in [1.82, 2.24) is 0 Å². The van der Waals surface area contributed by atoms with E-state index in [0.29, 0.717) is 11.0 Å². The molecule has 4 aliphatic carbocycles. The number of carbonyl (C=O) groups excluding carboxylic acids is 1. The molecule has 0 radical (unpaired) electrons. The van der Waals surface area contributed by atoms with Gasteiger partial charge in [-0.25, -0.2) is 0 Å². The van der Waals surface area contributed by atoms with Crippen molar-refractivity contribution in [2.75, 3.05) is 5.75 Å². The summed E-state index contributed by atoms with van der Waals surface area (Å²) in [6, 6.07) is 19.4. The number of benzene rings is 2. The summed E-state index contributed by atoms with van der Waals surface area (Å²) in [6.45, 7) is 0.211. The minimum absolute atomic E-state index is 0. The van der Waals surface area contributed by atoms with Gasteiger partial charge >= 0.3 is 0 Å². The summed E-state index contributed by atoms with van der Waals surface area (Å²) >= 11 is 1.91. The molecule has 4 fully saturated rings. The number of nitro benzene ring substituents is 1. The summed E-state index contributed by atoms with van der Waals surface area (Å²) in [6.07, 6.45) is 13.6. The van der Waals surface area contributed by atoms with E-state index in [-0.39, 0.29) is 35.0 Å². The Labute approximate surface area is 239 Å². The normalized spacial score (nSPS) is 25.1. The molecule has 38 heavy (non-hydrogen) atoms. The number of nitrogens with zero attached hydrogens (tertiary/aromatic N) is 2. The number of rotatable bonds is 9. The summed E-state index contributed by atoms with van der Waals surface area (Å²) < 4.78 is 1.85. The van der Waals surface area contributed by atoms with Crippen LogP contribution in [0.3, 0.4) is 0 Å². The van der Waals surface area contributed by atoms with Gasteiger partial charge in [0.1, 0.15) is 0 Å². The van der Waals surface area contributed by atoms with Crippen molar-refractivity contribution in [3.63, 3.8) is 0 Å². The van der Waals surface area contributed by atoms with Crippen molar-refractivity contribution in [3.05, 3.63) is 99.9 Å². The number of non-ortho nitro benzene ring substituents is 1. The molecule has 7 heteroatoms. The lowest BCUT2D eigenvalue weighted by molar-refractivity contribution is -0.683. The van der Waals surface area contributed by atoms with Gasteiger partial charge in [-0.2, -0.15) is 4.57 Å². The van der Waals surface area contributed by atoms with E-state index in [9.17, 15) is 14.9 Å². The van der Waals surface area contributed by atoms with Crippen LogP contribution in [0, 0.1) is 27.9 Å². The van der Waals surface area contributed by atoms with E-state index in [4.69, 9.17) is 0 Å². The predicted molar refractivity (Wildman–Crippen MR) is 145 cm³/mol. The molecule has 4 aliphatic rings. The monoisotopic (exact) mass is 592 g/mol. The molecular formula is C31H33BrN2O3S. The van der Waals surface area contributed by atoms with Crippen LogP contribution in [0.5, 0.6) is 0 Å². The van der Waals surface area contributed by atoms with E-state index < -0.39 is 4.92 Å². The highest BCUT2D eigenvalue weighted by Crippen LogP contribution is 2.60. The zero-order chi connectivity index (χ0) is 25.4. The molecule has 1 heterocycles. The lowest BCUT2D eigenvalue weighted by atomic mass is 9.48. The minimum Gasteiger partial charge on any atom is -1.00 e. The van der Waals surface area contributed by atoms with Crippen molar-refractivity contribution < 1.29 is 31.3 Å². The number of hydrogen-bond donors (Lipinski definition) is 0. The quantitative estimate of drug-likeness (QED) is 0.125. The van der Waals surface area contributed by atoms with Crippen LogP contribution in [-0.4, -0.2) is 16.5 Å². The third-order valence-electron chi connectivity index (χ3n) is 8.85. The van der Waals surface area contributed by atoms with Crippen molar-refractivity contribution >= 4 is 23.2 Å². The number of thioether (sulfide) groups is 1. The number of Topliss-reactive ketones (excluding diaryl/α,β-unsaturated/α-hetero) is 1. The number of pyridine rings is 1. The van der Waals surface area contributed by atoms with Gasteiger partial charge in [-0.1, -0.05) is 12.1 Å². The van der Waals surface area contributed by atoms with Gasteiger partial charge in [0.25, 0.3) is 5.69 Å². The van der Waals surface area contributed by atoms with Crippen molar-refractivity contribution in [2.45, 2.75) is 61.8 Å². The maximum atomic E-state index is 12.5. The summed E-state index contributed by atoms with van der Waals surface area (Å²) in [5, 5.41) is 10.8. The highest BCUT2D eigenvalue weighted by atomic mass is 79.9. The molecule has 1 aromatic heterocycles. The van der Waals surface area contributed by atoms with E-state index in [1.54, 1.807) is 5.56 Å². The molecule has 0 spiro atoms. The number of halogens is 1. The molecule has 0 unspecified atom stereocenters. The Morgan fingerprint density at radius 1 is 0.895 bits per heavy atom. The summed E-state index contributed by atoms with van der Waals surface area (Å²) in [5.74, 6) is 3.88. The van der Waals surface area contributed by atoms with Crippen molar-refractivity contribution in [2.24, 2.45) is 17.8 Å². The van der Waals surface area contributed by atoms with Crippen LogP contribution in [0.25, 0.3) is 0 Å². The molecule has 4 saturated carbocycles. The molecule has 0 aliphatic heterocycles. The van der Waals surface area contributed by atoms with Gasteiger partial charge in [0, 0.05) is 40.5 Å². The molecule has 0 atom stereocenters.